The lowest BCUT2D eigenvalue weighted by atomic mass is 9.95. The average Bonchev–Trinajstić information content (AvgIpc) is 2.98. The molecule has 0 saturated carbocycles. The number of carbonyl (C=O) groups is 2. The second-order valence-corrected chi connectivity index (χ2v) is 9.09. The van der Waals surface area contributed by atoms with E-state index in [1.54, 1.807) is 11.8 Å². The summed E-state index contributed by atoms with van der Waals surface area (Å²) >= 11 is 1.61. The molecular weight excluding hydrogens is 356 g/mol. The number of amides is 2. The van der Waals surface area contributed by atoms with E-state index in [4.69, 9.17) is 0 Å². The number of hydrogen-bond donors (Lipinski definition) is 1. The first-order chi connectivity index (χ1) is 12.7. The van der Waals surface area contributed by atoms with Crippen molar-refractivity contribution in [3.8, 4) is 0 Å². The molecule has 1 aliphatic rings. The summed E-state index contributed by atoms with van der Waals surface area (Å²) in [5.74, 6) is 0.536. The molecule has 0 radical (unpaired) electrons. The highest BCUT2D eigenvalue weighted by atomic mass is 32.2. The molecule has 2 aromatic carbocycles. The van der Waals surface area contributed by atoms with E-state index < -0.39 is 5.41 Å². The number of rotatable bonds is 3. The first-order valence-electron chi connectivity index (χ1n) is 9.09. The van der Waals surface area contributed by atoms with Crippen molar-refractivity contribution >= 4 is 35.0 Å². The van der Waals surface area contributed by atoms with Gasteiger partial charge < -0.3 is 5.32 Å². The summed E-state index contributed by atoms with van der Waals surface area (Å²) in [5, 5.41) is 2.88. The van der Waals surface area contributed by atoms with E-state index >= 15 is 0 Å². The first kappa shape index (κ1) is 19.5. The second kappa shape index (κ2) is 7.39. The molecule has 1 N–H and O–H groups in total. The number of carbonyl (C=O) groups excluding carboxylic acids is 2. The summed E-state index contributed by atoms with van der Waals surface area (Å²) in [5.41, 5.74) is 4.61. The molecule has 1 aliphatic heterocycles. The van der Waals surface area contributed by atoms with Crippen LogP contribution in [0.1, 0.15) is 42.8 Å². The fourth-order valence-corrected chi connectivity index (χ4v) is 4.08. The molecular formula is C22H26N2O2S. The Morgan fingerprint density at radius 2 is 1.85 bits per heavy atom. The van der Waals surface area contributed by atoms with Crippen molar-refractivity contribution in [3.05, 3.63) is 59.2 Å². The van der Waals surface area contributed by atoms with Crippen LogP contribution in [-0.2, 0) is 9.59 Å². The van der Waals surface area contributed by atoms with E-state index in [0.717, 1.165) is 16.9 Å². The van der Waals surface area contributed by atoms with Gasteiger partial charge in [-0.05, 0) is 54.8 Å². The molecule has 27 heavy (non-hydrogen) atoms. The SMILES string of the molecule is Cc1ccc(N2C(=O)CSC2c2cccc(NC(=O)C(C)(C)C)c2)cc1C. The third-order valence-electron chi connectivity index (χ3n) is 4.75. The van der Waals surface area contributed by atoms with Crippen LogP contribution in [0.5, 0.6) is 0 Å². The Morgan fingerprint density at radius 3 is 2.52 bits per heavy atom. The van der Waals surface area contributed by atoms with Crippen molar-refractivity contribution in [1.29, 1.82) is 0 Å². The van der Waals surface area contributed by atoms with Gasteiger partial charge in [0, 0.05) is 16.8 Å². The summed E-state index contributed by atoms with van der Waals surface area (Å²) in [7, 11) is 0. The number of benzene rings is 2. The fraction of sp³-hybridized carbons (Fsp3) is 0.364. The van der Waals surface area contributed by atoms with Crippen LogP contribution in [0.15, 0.2) is 42.5 Å². The van der Waals surface area contributed by atoms with Gasteiger partial charge in [0.2, 0.25) is 11.8 Å². The van der Waals surface area contributed by atoms with E-state index in [1.807, 2.05) is 56.0 Å². The number of aryl methyl sites for hydroxylation is 2. The van der Waals surface area contributed by atoms with Crippen LogP contribution in [0.3, 0.4) is 0 Å². The van der Waals surface area contributed by atoms with E-state index in [0.29, 0.717) is 5.75 Å². The Labute approximate surface area is 165 Å². The third kappa shape index (κ3) is 4.19. The van der Waals surface area contributed by atoms with Gasteiger partial charge in [0.25, 0.3) is 0 Å². The lowest BCUT2D eigenvalue weighted by molar-refractivity contribution is -0.123. The summed E-state index contributed by atoms with van der Waals surface area (Å²) < 4.78 is 0. The largest absolute Gasteiger partial charge is 0.326 e. The number of nitrogens with one attached hydrogen (secondary N) is 1. The molecule has 1 atom stereocenters. The van der Waals surface area contributed by atoms with Gasteiger partial charge in [-0.25, -0.2) is 0 Å². The van der Waals surface area contributed by atoms with Crippen molar-refractivity contribution < 1.29 is 9.59 Å². The smallest absolute Gasteiger partial charge is 0.238 e. The van der Waals surface area contributed by atoms with Gasteiger partial charge in [-0.2, -0.15) is 0 Å². The molecule has 142 valence electrons. The Hall–Kier alpha value is -2.27. The monoisotopic (exact) mass is 382 g/mol. The van der Waals surface area contributed by atoms with E-state index in [-0.39, 0.29) is 17.2 Å². The number of thioether (sulfide) groups is 1. The Morgan fingerprint density at radius 1 is 1.11 bits per heavy atom. The highest BCUT2D eigenvalue weighted by Crippen LogP contribution is 2.42. The highest BCUT2D eigenvalue weighted by molar-refractivity contribution is 8.00. The molecule has 0 aliphatic carbocycles. The molecule has 0 spiro atoms. The molecule has 4 nitrogen and oxygen atoms in total. The minimum absolute atomic E-state index is 0.0270. The minimum atomic E-state index is -0.459. The molecule has 1 fully saturated rings. The molecule has 3 rings (SSSR count). The number of hydrogen-bond acceptors (Lipinski definition) is 3. The van der Waals surface area contributed by atoms with Crippen LogP contribution >= 0.6 is 11.8 Å². The quantitative estimate of drug-likeness (QED) is 0.806. The van der Waals surface area contributed by atoms with Crippen molar-refractivity contribution in [3.63, 3.8) is 0 Å². The number of anilines is 2. The van der Waals surface area contributed by atoms with Gasteiger partial charge in [-0.1, -0.05) is 39.0 Å². The average molecular weight is 383 g/mol. The molecule has 1 unspecified atom stereocenters. The summed E-state index contributed by atoms with van der Waals surface area (Å²) in [6, 6.07) is 13.9. The van der Waals surface area contributed by atoms with Crippen LogP contribution < -0.4 is 10.2 Å². The van der Waals surface area contributed by atoms with E-state index in [9.17, 15) is 9.59 Å². The Balaban J connectivity index is 1.90. The van der Waals surface area contributed by atoms with Crippen LogP contribution in [0.2, 0.25) is 0 Å². The maximum atomic E-state index is 12.6. The van der Waals surface area contributed by atoms with Gasteiger partial charge in [-0.15, -0.1) is 11.8 Å². The molecule has 1 saturated heterocycles. The second-order valence-electron chi connectivity index (χ2n) is 8.03. The van der Waals surface area contributed by atoms with Gasteiger partial charge in [0.05, 0.1) is 5.75 Å². The molecule has 2 aromatic rings. The third-order valence-corrected chi connectivity index (χ3v) is 5.96. The maximum Gasteiger partial charge on any atom is 0.238 e. The van der Waals surface area contributed by atoms with Crippen molar-refractivity contribution in [2.75, 3.05) is 16.0 Å². The zero-order chi connectivity index (χ0) is 19.8. The first-order valence-corrected chi connectivity index (χ1v) is 10.1. The topological polar surface area (TPSA) is 49.4 Å². The predicted molar refractivity (Wildman–Crippen MR) is 113 cm³/mol. The minimum Gasteiger partial charge on any atom is -0.326 e. The summed E-state index contributed by atoms with van der Waals surface area (Å²) in [6.07, 6.45) is 0. The van der Waals surface area contributed by atoms with Crippen molar-refractivity contribution in [2.24, 2.45) is 5.41 Å². The van der Waals surface area contributed by atoms with Crippen LogP contribution in [-0.4, -0.2) is 17.6 Å². The van der Waals surface area contributed by atoms with E-state index in [1.165, 1.54) is 11.1 Å². The summed E-state index contributed by atoms with van der Waals surface area (Å²) in [6.45, 7) is 9.79. The molecule has 0 bridgehead atoms. The molecule has 2 amide bonds. The Kier molecular flexibility index (Phi) is 5.33. The van der Waals surface area contributed by atoms with Crippen molar-refractivity contribution in [1.82, 2.24) is 0 Å². The zero-order valence-corrected chi connectivity index (χ0v) is 17.3. The predicted octanol–water partition coefficient (Wildman–Crippen LogP) is 5.07. The van der Waals surface area contributed by atoms with Gasteiger partial charge >= 0.3 is 0 Å². The number of nitrogens with zero attached hydrogens (tertiary/aromatic N) is 1. The lowest BCUT2D eigenvalue weighted by Crippen LogP contribution is -2.29. The Bertz CT molecular complexity index is 886. The highest BCUT2D eigenvalue weighted by Gasteiger charge is 2.34. The fourth-order valence-electron chi connectivity index (χ4n) is 2.91. The van der Waals surface area contributed by atoms with Crippen LogP contribution in [0, 0.1) is 19.3 Å². The standard InChI is InChI=1S/C22H26N2O2S/c1-14-9-10-18(11-15(14)2)24-19(25)13-27-20(24)16-7-6-8-17(12-16)23-21(26)22(3,4)5/h6-12,20H,13H2,1-5H3,(H,23,26). The van der Waals surface area contributed by atoms with E-state index in [2.05, 4.69) is 31.3 Å². The molecule has 5 heteroatoms. The molecule has 0 aromatic heterocycles. The molecule has 1 heterocycles. The lowest BCUT2D eigenvalue weighted by Gasteiger charge is -2.25. The van der Waals surface area contributed by atoms with Crippen LogP contribution in [0.25, 0.3) is 0 Å². The van der Waals surface area contributed by atoms with Crippen LogP contribution in [0.4, 0.5) is 11.4 Å². The summed E-state index contributed by atoms with van der Waals surface area (Å²) in [4.78, 5) is 26.7. The van der Waals surface area contributed by atoms with Crippen molar-refractivity contribution in [2.45, 2.75) is 40.0 Å². The van der Waals surface area contributed by atoms with Gasteiger partial charge in [0.15, 0.2) is 0 Å². The maximum absolute atomic E-state index is 12.6. The van der Waals surface area contributed by atoms with Gasteiger partial charge in [-0.3, -0.25) is 14.5 Å². The zero-order valence-electron chi connectivity index (χ0n) is 16.5. The van der Waals surface area contributed by atoms with Gasteiger partial charge in [0.1, 0.15) is 5.37 Å². The normalized spacial score (nSPS) is 17.3.